The number of nitrogens with one attached hydrogen (secondary N) is 1. The Morgan fingerprint density at radius 1 is 1.35 bits per heavy atom. The van der Waals surface area contributed by atoms with Gasteiger partial charge in [-0.3, -0.25) is 0 Å². The summed E-state index contributed by atoms with van der Waals surface area (Å²) in [4.78, 5) is 2.40. The van der Waals surface area contributed by atoms with E-state index >= 15 is 0 Å². The number of rotatable bonds is 3. The van der Waals surface area contributed by atoms with Crippen molar-refractivity contribution in [1.29, 1.82) is 0 Å². The maximum absolute atomic E-state index is 9.46. The molecule has 0 aromatic heterocycles. The molecule has 0 amide bonds. The van der Waals surface area contributed by atoms with Crippen molar-refractivity contribution in [1.82, 2.24) is 5.32 Å². The first-order chi connectivity index (χ1) is 8.19. The van der Waals surface area contributed by atoms with E-state index in [1.165, 1.54) is 11.3 Å². The van der Waals surface area contributed by atoms with Crippen LogP contribution in [-0.2, 0) is 0 Å². The lowest BCUT2D eigenvalue weighted by atomic mass is 9.88. The predicted octanol–water partition coefficient (Wildman–Crippen LogP) is 1.55. The molecule has 2 rings (SSSR count). The van der Waals surface area contributed by atoms with Crippen LogP contribution in [0.4, 0.5) is 5.69 Å². The van der Waals surface area contributed by atoms with Crippen molar-refractivity contribution < 1.29 is 5.11 Å². The second kappa shape index (κ2) is 5.07. The van der Waals surface area contributed by atoms with E-state index in [1.807, 2.05) is 7.05 Å². The summed E-state index contributed by atoms with van der Waals surface area (Å²) in [5.41, 5.74) is 2.53. The van der Waals surface area contributed by atoms with Crippen molar-refractivity contribution in [3.63, 3.8) is 0 Å². The van der Waals surface area contributed by atoms with Gasteiger partial charge in [-0.1, -0.05) is 12.1 Å². The third-order valence-electron chi connectivity index (χ3n) is 3.92. The number of aliphatic hydroxyl groups is 1. The summed E-state index contributed by atoms with van der Waals surface area (Å²) in [6, 6.07) is 8.62. The molecule has 0 saturated carbocycles. The molecule has 0 aliphatic carbocycles. The number of aliphatic hydroxyl groups excluding tert-OH is 1. The van der Waals surface area contributed by atoms with Crippen LogP contribution in [0.15, 0.2) is 24.3 Å². The Morgan fingerprint density at radius 2 is 2.06 bits per heavy atom. The average molecular weight is 234 g/mol. The first-order valence-electron chi connectivity index (χ1n) is 6.30. The van der Waals surface area contributed by atoms with Crippen LogP contribution in [0.2, 0.25) is 0 Å². The molecule has 17 heavy (non-hydrogen) atoms. The van der Waals surface area contributed by atoms with Gasteiger partial charge in [-0.2, -0.15) is 0 Å². The van der Waals surface area contributed by atoms with E-state index in [0.717, 1.165) is 25.9 Å². The van der Waals surface area contributed by atoms with Gasteiger partial charge in [0.1, 0.15) is 0 Å². The summed E-state index contributed by atoms with van der Waals surface area (Å²) in [5, 5.41) is 12.7. The maximum atomic E-state index is 9.46. The lowest BCUT2D eigenvalue weighted by Crippen LogP contribution is -2.54. The molecule has 1 heterocycles. The number of piperidine rings is 1. The van der Waals surface area contributed by atoms with Crippen molar-refractivity contribution in [3.8, 4) is 0 Å². The molecule has 1 aliphatic rings. The van der Waals surface area contributed by atoms with Gasteiger partial charge >= 0.3 is 0 Å². The molecule has 0 atom stereocenters. The van der Waals surface area contributed by atoms with E-state index in [2.05, 4.69) is 41.4 Å². The number of likely N-dealkylation sites (N-methyl/N-ethyl adjacent to an activating group) is 1. The van der Waals surface area contributed by atoms with E-state index in [0.29, 0.717) is 0 Å². The molecule has 2 N–H and O–H groups in total. The van der Waals surface area contributed by atoms with E-state index in [9.17, 15) is 5.11 Å². The highest BCUT2D eigenvalue weighted by Gasteiger charge is 2.32. The zero-order valence-corrected chi connectivity index (χ0v) is 10.7. The summed E-state index contributed by atoms with van der Waals surface area (Å²) in [6.45, 7) is 4.36. The van der Waals surface area contributed by atoms with Crippen molar-refractivity contribution in [3.05, 3.63) is 29.8 Å². The highest BCUT2D eigenvalue weighted by Crippen LogP contribution is 2.26. The van der Waals surface area contributed by atoms with Gasteiger partial charge in [-0.15, -0.1) is 0 Å². The van der Waals surface area contributed by atoms with Crippen LogP contribution in [0.5, 0.6) is 0 Å². The standard InChI is InChI=1S/C14H22N2O/c1-12-4-3-5-13(10-12)16-8-6-14(11-17,15-2)7-9-16/h3-5,10,15,17H,6-9,11H2,1-2H3. The van der Waals surface area contributed by atoms with E-state index in [-0.39, 0.29) is 12.1 Å². The Labute approximate surface area is 103 Å². The summed E-state index contributed by atoms with van der Waals surface area (Å²) in [5.74, 6) is 0. The van der Waals surface area contributed by atoms with Gasteiger partial charge in [-0.25, -0.2) is 0 Å². The first kappa shape index (κ1) is 12.4. The van der Waals surface area contributed by atoms with Crippen LogP contribution >= 0.6 is 0 Å². The quantitative estimate of drug-likeness (QED) is 0.833. The van der Waals surface area contributed by atoms with Crippen molar-refractivity contribution >= 4 is 5.69 Å². The topological polar surface area (TPSA) is 35.5 Å². The van der Waals surface area contributed by atoms with E-state index in [1.54, 1.807) is 0 Å². The maximum Gasteiger partial charge on any atom is 0.0614 e. The largest absolute Gasteiger partial charge is 0.394 e. The highest BCUT2D eigenvalue weighted by molar-refractivity contribution is 5.48. The van der Waals surface area contributed by atoms with Crippen molar-refractivity contribution in [2.24, 2.45) is 0 Å². The van der Waals surface area contributed by atoms with E-state index < -0.39 is 0 Å². The van der Waals surface area contributed by atoms with Crippen molar-refractivity contribution in [2.45, 2.75) is 25.3 Å². The van der Waals surface area contributed by atoms with Crippen LogP contribution in [0.25, 0.3) is 0 Å². The van der Waals surface area contributed by atoms with Crippen LogP contribution in [-0.4, -0.2) is 37.4 Å². The van der Waals surface area contributed by atoms with Crippen LogP contribution in [0.1, 0.15) is 18.4 Å². The fourth-order valence-corrected chi connectivity index (χ4v) is 2.50. The molecule has 94 valence electrons. The molecule has 0 spiro atoms. The number of aryl methyl sites for hydroxylation is 1. The molecule has 1 aromatic rings. The normalized spacial score (nSPS) is 19.4. The summed E-state index contributed by atoms with van der Waals surface area (Å²) in [6.07, 6.45) is 1.99. The fourth-order valence-electron chi connectivity index (χ4n) is 2.50. The first-order valence-corrected chi connectivity index (χ1v) is 6.30. The Hall–Kier alpha value is -1.06. The Kier molecular flexibility index (Phi) is 3.69. The summed E-state index contributed by atoms with van der Waals surface area (Å²) >= 11 is 0. The number of anilines is 1. The number of hydrogen-bond acceptors (Lipinski definition) is 3. The molecule has 3 nitrogen and oxygen atoms in total. The van der Waals surface area contributed by atoms with Gasteiger partial charge in [0, 0.05) is 24.3 Å². The highest BCUT2D eigenvalue weighted by atomic mass is 16.3. The number of benzene rings is 1. The van der Waals surface area contributed by atoms with E-state index in [4.69, 9.17) is 0 Å². The van der Waals surface area contributed by atoms with Gasteiger partial charge in [0.15, 0.2) is 0 Å². The second-order valence-electron chi connectivity index (χ2n) is 5.01. The molecule has 1 aromatic carbocycles. The molecule has 3 heteroatoms. The lowest BCUT2D eigenvalue weighted by Gasteiger charge is -2.41. The second-order valence-corrected chi connectivity index (χ2v) is 5.01. The molecule has 0 radical (unpaired) electrons. The monoisotopic (exact) mass is 234 g/mol. The number of hydrogen-bond donors (Lipinski definition) is 2. The number of nitrogens with zero attached hydrogens (tertiary/aromatic N) is 1. The molecule has 0 bridgehead atoms. The summed E-state index contributed by atoms with van der Waals surface area (Å²) < 4.78 is 0. The van der Waals surface area contributed by atoms with Crippen LogP contribution in [0, 0.1) is 6.92 Å². The van der Waals surface area contributed by atoms with Gasteiger partial charge in [0.25, 0.3) is 0 Å². The third kappa shape index (κ3) is 2.61. The van der Waals surface area contributed by atoms with Gasteiger partial charge < -0.3 is 15.3 Å². The fraction of sp³-hybridized carbons (Fsp3) is 0.571. The Morgan fingerprint density at radius 3 is 2.59 bits per heavy atom. The average Bonchev–Trinajstić information content (AvgIpc) is 2.39. The molecule has 1 fully saturated rings. The zero-order chi connectivity index (χ0) is 12.3. The van der Waals surface area contributed by atoms with Gasteiger partial charge in [-0.05, 0) is 44.5 Å². The zero-order valence-electron chi connectivity index (χ0n) is 10.7. The predicted molar refractivity (Wildman–Crippen MR) is 71.5 cm³/mol. The minimum atomic E-state index is -0.0691. The smallest absolute Gasteiger partial charge is 0.0614 e. The van der Waals surface area contributed by atoms with Gasteiger partial charge in [0.05, 0.1) is 6.61 Å². The Bertz CT molecular complexity index is 364. The minimum absolute atomic E-state index is 0.0691. The third-order valence-corrected chi connectivity index (χ3v) is 3.92. The van der Waals surface area contributed by atoms with Crippen molar-refractivity contribution in [2.75, 3.05) is 31.6 Å². The molecule has 1 saturated heterocycles. The minimum Gasteiger partial charge on any atom is -0.394 e. The summed E-state index contributed by atoms with van der Waals surface area (Å²) in [7, 11) is 1.94. The molecule has 0 unspecified atom stereocenters. The van der Waals surface area contributed by atoms with Gasteiger partial charge in [0.2, 0.25) is 0 Å². The Balaban J connectivity index is 2.04. The molecule has 1 aliphatic heterocycles. The van der Waals surface area contributed by atoms with Crippen LogP contribution in [0.3, 0.4) is 0 Å². The lowest BCUT2D eigenvalue weighted by molar-refractivity contribution is 0.142. The molecular weight excluding hydrogens is 212 g/mol. The molecular formula is C14H22N2O. The SMILES string of the molecule is CNC1(CO)CCN(c2cccc(C)c2)CC1. The van der Waals surface area contributed by atoms with Crippen LogP contribution < -0.4 is 10.2 Å².